The van der Waals surface area contributed by atoms with E-state index in [1.165, 1.54) is 5.56 Å². The van der Waals surface area contributed by atoms with Gasteiger partial charge in [0.05, 0.1) is 5.92 Å². The molecule has 2 atom stereocenters. The molecule has 0 aliphatic carbocycles. The summed E-state index contributed by atoms with van der Waals surface area (Å²) in [6.45, 7) is 10.9. The van der Waals surface area contributed by atoms with Gasteiger partial charge in [-0.1, -0.05) is 33.8 Å². The monoisotopic (exact) mass is 258 g/mol. The molecule has 1 aromatic carbocycles. The topological polar surface area (TPSA) is 38.1 Å². The largest absolute Gasteiger partial charge is 0.440 e. The molecule has 102 valence electrons. The third-order valence-corrected chi connectivity index (χ3v) is 4.10. The van der Waals surface area contributed by atoms with Gasteiger partial charge >= 0.3 is 0 Å². The number of rotatable bonds is 1. The number of benzene rings is 1. The molecule has 0 amide bonds. The molecule has 2 unspecified atom stereocenters. The molecule has 2 aromatic rings. The molecule has 0 bridgehead atoms. The average Bonchev–Trinajstić information content (AvgIpc) is 2.91. The highest BCUT2D eigenvalue weighted by Crippen LogP contribution is 2.31. The van der Waals surface area contributed by atoms with Crippen LogP contribution in [0.4, 0.5) is 0 Å². The first kappa shape index (κ1) is 12.7. The van der Waals surface area contributed by atoms with Crippen molar-refractivity contribution in [3.8, 4) is 0 Å². The molecular formula is C16H22N2O. The van der Waals surface area contributed by atoms with Gasteiger partial charge in [-0.05, 0) is 35.6 Å². The van der Waals surface area contributed by atoms with Crippen LogP contribution in [0.5, 0.6) is 0 Å². The second-order valence-corrected chi connectivity index (χ2v) is 6.73. The van der Waals surface area contributed by atoms with Crippen LogP contribution in [0, 0.1) is 5.92 Å². The van der Waals surface area contributed by atoms with Crippen molar-refractivity contribution in [2.45, 2.75) is 39.0 Å². The Labute approximate surface area is 114 Å². The van der Waals surface area contributed by atoms with Crippen molar-refractivity contribution in [3.05, 3.63) is 29.7 Å². The maximum Gasteiger partial charge on any atom is 0.200 e. The summed E-state index contributed by atoms with van der Waals surface area (Å²) in [4.78, 5) is 4.71. The van der Waals surface area contributed by atoms with Crippen molar-refractivity contribution >= 4 is 11.1 Å². The zero-order valence-electron chi connectivity index (χ0n) is 12.2. The predicted octanol–water partition coefficient (Wildman–Crippen LogP) is 3.45. The summed E-state index contributed by atoms with van der Waals surface area (Å²) in [6.07, 6.45) is 0. The Morgan fingerprint density at radius 2 is 2.05 bits per heavy atom. The molecule has 1 aromatic heterocycles. The van der Waals surface area contributed by atoms with E-state index < -0.39 is 0 Å². The predicted molar refractivity (Wildman–Crippen MR) is 77.5 cm³/mol. The van der Waals surface area contributed by atoms with E-state index in [-0.39, 0.29) is 5.41 Å². The third-order valence-electron chi connectivity index (χ3n) is 4.10. The van der Waals surface area contributed by atoms with Crippen LogP contribution in [0.15, 0.2) is 22.6 Å². The second kappa shape index (κ2) is 4.34. The minimum absolute atomic E-state index is 0.148. The van der Waals surface area contributed by atoms with Crippen LogP contribution in [0.2, 0.25) is 0 Å². The molecule has 1 fully saturated rings. The molecule has 3 heteroatoms. The highest BCUT2D eigenvalue weighted by Gasteiger charge is 2.29. The van der Waals surface area contributed by atoms with Crippen LogP contribution in [0.3, 0.4) is 0 Å². The summed E-state index contributed by atoms with van der Waals surface area (Å²) in [6, 6.07) is 6.36. The first-order valence-corrected chi connectivity index (χ1v) is 7.07. The first-order valence-electron chi connectivity index (χ1n) is 7.07. The summed E-state index contributed by atoms with van der Waals surface area (Å²) in [5, 5.41) is 3.40. The van der Waals surface area contributed by atoms with Crippen molar-refractivity contribution in [1.29, 1.82) is 0 Å². The van der Waals surface area contributed by atoms with Crippen LogP contribution in [0.25, 0.3) is 11.1 Å². The average molecular weight is 258 g/mol. The Morgan fingerprint density at radius 3 is 2.68 bits per heavy atom. The molecule has 1 aliphatic heterocycles. The first-order chi connectivity index (χ1) is 8.95. The van der Waals surface area contributed by atoms with Gasteiger partial charge in [-0.3, -0.25) is 0 Å². The van der Waals surface area contributed by atoms with Gasteiger partial charge in [-0.2, -0.15) is 0 Å². The third kappa shape index (κ3) is 2.27. The molecule has 1 saturated heterocycles. The molecule has 3 nitrogen and oxygen atoms in total. The lowest BCUT2D eigenvalue weighted by Gasteiger charge is -2.18. The van der Waals surface area contributed by atoms with Gasteiger partial charge < -0.3 is 9.73 Å². The van der Waals surface area contributed by atoms with E-state index in [0.29, 0.717) is 11.8 Å². The van der Waals surface area contributed by atoms with Gasteiger partial charge in [0.2, 0.25) is 0 Å². The Morgan fingerprint density at radius 1 is 1.26 bits per heavy atom. The van der Waals surface area contributed by atoms with Gasteiger partial charge in [-0.25, -0.2) is 4.98 Å². The van der Waals surface area contributed by atoms with Crippen molar-refractivity contribution in [3.63, 3.8) is 0 Å². The van der Waals surface area contributed by atoms with E-state index in [2.05, 4.69) is 51.2 Å². The van der Waals surface area contributed by atoms with E-state index in [1.807, 2.05) is 0 Å². The maximum atomic E-state index is 5.94. The van der Waals surface area contributed by atoms with Gasteiger partial charge in [0.1, 0.15) is 5.52 Å². The summed E-state index contributed by atoms with van der Waals surface area (Å²) < 4.78 is 5.94. The summed E-state index contributed by atoms with van der Waals surface area (Å²) in [5.74, 6) is 1.89. The quantitative estimate of drug-likeness (QED) is 0.851. The summed E-state index contributed by atoms with van der Waals surface area (Å²) in [7, 11) is 0. The zero-order valence-corrected chi connectivity index (χ0v) is 12.2. The van der Waals surface area contributed by atoms with Crippen LogP contribution >= 0.6 is 0 Å². The second-order valence-electron chi connectivity index (χ2n) is 6.73. The van der Waals surface area contributed by atoms with Crippen molar-refractivity contribution in [2.24, 2.45) is 5.92 Å². The van der Waals surface area contributed by atoms with Crippen LogP contribution < -0.4 is 5.32 Å². The number of nitrogens with zero attached hydrogens (tertiary/aromatic N) is 1. The fourth-order valence-electron chi connectivity index (χ4n) is 2.71. The molecule has 1 N–H and O–H groups in total. The van der Waals surface area contributed by atoms with E-state index >= 15 is 0 Å². The van der Waals surface area contributed by atoms with E-state index in [1.54, 1.807) is 0 Å². The molecule has 2 heterocycles. The fraction of sp³-hybridized carbons (Fsp3) is 0.562. The number of hydrogen-bond acceptors (Lipinski definition) is 3. The maximum absolute atomic E-state index is 5.94. The lowest BCUT2D eigenvalue weighted by atomic mass is 9.87. The Balaban J connectivity index is 2.01. The lowest BCUT2D eigenvalue weighted by Crippen LogP contribution is -2.10. The van der Waals surface area contributed by atoms with Crippen molar-refractivity contribution < 1.29 is 4.42 Å². The summed E-state index contributed by atoms with van der Waals surface area (Å²) in [5.41, 5.74) is 3.34. The smallest absolute Gasteiger partial charge is 0.200 e. The van der Waals surface area contributed by atoms with Crippen molar-refractivity contribution in [1.82, 2.24) is 10.3 Å². The minimum atomic E-state index is 0.148. The number of oxazole rings is 1. The Bertz CT molecular complexity index is 594. The molecule has 19 heavy (non-hydrogen) atoms. The molecule has 3 rings (SSSR count). The fourth-order valence-corrected chi connectivity index (χ4v) is 2.71. The molecule has 0 saturated carbocycles. The number of nitrogens with one attached hydrogen (secondary N) is 1. The van der Waals surface area contributed by atoms with Crippen LogP contribution in [0.1, 0.15) is 45.1 Å². The highest BCUT2D eigenvalue weighted by atomic mass is 16.3. The SMILES string of the molecule is CC1CNCC1c1nc2cc(C(C)(C)C)ccc2o1. The Hall–Kier alpha value is -1.35. The van der Waals surface area contributed by atoms with Gasteiger partial charge in [-0.15, -0.1) is 0 Å². The molecular weight excluding hydrogens is 236 g/mol. The number of aromatic nitrogens is 1. The summed E-state index contributed by atoms with van der Waals surface area (Å²) >= 11 is 0. The highest BCUT2D eigenvalue weighted by molar-refractivity contribution is 5.74. The Kier molecular flexibility index (Phi) is 2.90. The number of fused-ring (bicyclic) bond motifs is 1. The van der Waals surface area contributed by atoms with Gasteiger partial charge in [0.25, 0.3) is 0 Å². The zero-order chi connectivity index (χ0) is 13.6. The van der Waals surface area contributed by atoms with E-state index in [0.717, 1.165) is 30.1 Å². The van der Waals surface area contributed by atoms with E-state index in [4.69, 9.17) is 9.40 Å². The molecule has 0 spiro atoms. The number of hydrogen-bond donors (Lipinski definition) is 1. The van der Waals surface area contributed by atoms with Gasteiger partial charge in [0, 0.05) is 6.54 Å². The lowest BCUT2D eigenvalue weighted by molar-refractivity contribution is 0.435. The molecule has 0 radical (unpaired) electrons. The van der Waals surface area contributed by atoms with Crippen LogP contribution in [-0.2, 0) is 5.41 Å². The standard InChI is InChI=1S/C16H22N2O/c1-10-8-17-9-12(10)15-18-13-7-11(16(2,3)4)5-6-14(13)19-15/h5-7,10,12,17H,8-9H2,1-4H3. The van der Waals surface area contributed by atoms with Gasteiger partial charge in [0.15, 0.2) is 11.5 Å². The molecule has 1 aliphatic rings. The van der Waals surface area contributed by atoms with Crippen LogP contribution in [-0.4, -0.2) is 18.1 Å². The van der Waals surface area contributed by atoms with Crippen molar-refractivity contribution in [2.75, 3.05) is 13.1 Å². The van der Waals surface area contributed by atoms with E-state index in [9.17, 15) is 0 Å². The normalized spacial score (nSPS) is 24.2. The minimum Gasteiger partial charge on any atom is -0.440 e.